The van der Waals surface area contributed by atoms with Gasteiger partial charge < -0.3 is 15.5 Å². The Labute approximate surface area is 131 Å². The Morgan fingerprint density at radius 2 is 2.14 bits per heavy atom. The summed E-state index contributed by atoms with van der Waals surface area (Å²) >= 11 is 0. The van der Waals surface area contributed by atoms with Crippen molar-refractivity contribution in [1.82, 2.24) is 15.5 Å². The Kier molecular flexibility index (Phi) is 4.43. The van der Waals surface area contributed by atoms with Crippen molar-refractivity contribution in [2.45, 2.75) is 39.4 Å². The quantitative estimate of drug-likeness (QED) is 0.881. The van der Waals surface area contributed by atoms with Crippen LogP contribution in [0.5, 0.6) is 0 Å². The molecule has 2 N–H and O–H groups in total. The number of hydrogen-bond acceptors (Lipinski definition) is 3. The van der Waals surface area contributed by atoms with Crippen molar-refractivity contribution in [2.75, 3.05) is 13.1 Å². The number of nitrogens with zero attached hydrogens (tertiary/aromatic N) is 1. The van der Waals surface area contributed by atoms with Crippen molar-refractivity contribution in [3.05, 3.63) is 34.9 Å². The van der Waals surface area contributed by atoms with Gasteiger partial charge in [-0.3, -0.25) is 9.59 Å². The molecule has 1 aromatic carbocycles. The summed E-state index contributed by atoms with van der Waals surface area (Å²) in [7, 11) is 0. The molecular weight excluding hydrogens is 278 g/mol. The van der Waals surface area contributed by atoms with Crippen LogP contribution >= 0.6 is 0 Å². The summed E-state index contributed by atoms with van der Waals surface area (Å²) in [6.07, 6.45) is 1.77. The second-order valence-electron chi connectivity index (χ2n) is 6.23. The molecule has 0 aliphatic carbocycles. The van der Waals surface area contributed by atoms with E-state index < -0.39 is 0 Å². The SMILES string of the molecule is CC(=O)N1CCCC(C(=O)NCc2ccc3c(c2)CNC3)C1. The maximum atomic E-state index is 12.3. The highest BCUT2D eigenvalue weighted by Gasteiger charge is 2.26. The van der Waals surface area contributed by atoms with Crippen LogP contribution in [0.25, 0.3) is 0 Å². The standard InChI is InChI=1S/C17H23N3O2/c1-12(21)20-6-2-3-15(11-20)17(22)19-8-13-4-5-14-9-18-10-16(14)7-13/h4-5,7,15,18H,2-3,6,8-11H2,1H3,(H,19,22). The highest BCUT2D eigenvalue weighted by Crippen LogP contribution is 2.18. The number of amides is 2. The van der Waals surface area contributed by atoms with Crippen LogP contribution in [0, 0.1) is 5.92 Å². The Bertz CT molecular complexity index is 585. The summed E-state index contributed by atoms with van der Waals surface area (Å²) in [6.45, 7) is 5.30. The predicted molar refractivity (Wildman–Crippen MR) is 83.8 cm³/mol. The zero-order valence-electron chi connectivity index (χ0n) is 13.0. The lowest BCUT2D eigenvalue weighted by Crippen LogP contribution is -2.44. The molecule has 1 fully saturated rings. The number of likely N-dealkylation sites (tertiary alicyclic amines) is 1. The first kappa shape index (κ1) is 15.0. The van der Waals surface area contributed by atoms with Crippen LogP contribution in [0.2, 0.25) is 0 Å². The fourth-order valence-corrected chi connectivity index (χ4v) is 3.27. The van der Waals surface area contributed by atoms with Gasteiger partial charge in [-0.2, -0.15) is 0 Å². The summed E-state index contributed by atoms with van der Waals surface area (Å²) < 4.78 is 0. The van der Waals surface area contributed by atoms with Gasteiger partial charge in [-0.25, -0.2) is 0 Å². The number of hydrogen-bond donors (Lipinski definition) is 2. The number of nitrogens with one attached hydrogen (secondary N) is 2. The molecule has 2 amide bonds. The minimum absolute atomic E-state index is 0.0589. The molecule has 3 rings (SSSR count). The van der Waals surface area contributed by atoms with Crippen LogP contribution in [0.15, 0.2) is 18.2 Å². The van der Waals surface area contributed by atoms with E-state index in [1.165, 1.54) is 11.1 Å². The van der Waals surface area contributed by atoms with E-state index in [2.05, 4.69) is 28.8 Å². The Morgan fingerprint density at radius 1 is 1.32 bits per heavy atom. The van der Waals surface area contributed by atoms with Gasteiger partial charge in [0.2, 0.25) is 11.8 Å². The third-order valence-electron chi connectivity index (χ3n) is 4.61. The van der Waals surface area contributed by atoms with Crippen molar-refractivity contribution in [1.29, 1.82) is 0 Å². The molecule has 0 radical (unpaired) electrons. The Morgan fingerprint density at radius 3 is 2.95 bits per heavy atom. The molecule has 0 saturated carbocycles. The van der Waals surface area contributed by atoms with Gasteiger partial charge in [0.1, 0.15) is 0 Å². The van der Waals surface area contributed by atoms with Gasteiger partial charge in [0, 0.05) is 39.6 Å². The normalized spacial score (nSPS) is 20.6. The minimum atomic E-state index is -0.0752. The summed E-state index contributed by atoms with van der Waals surface area (Å²) in [5, 5.41) is 6.34. The average molecular weight is 301 g/mol. The number of carbonyl (C=O) groups excluding carboxylic acids is 2. The van der Waals surface area contributed by atoms with E-state index in [4.69, 9.17) is 0 Å². The summed E-state index contributed by atoms with van der Waals surface area (Å²) in [5.74, 6) is 0.0435. The van der Waals surface area contributed by atoms with E-state index in [-0.39, 0.29) is 17.7 Å². The predicted octanol–water partition coefficient (Wildman–Crippen LogP) is 1.16. The number of fused-ring (bicyclic) bond motifs is 1. The molecule has 2 aliphatic heterocycles. The van der Waals surface area contributed by atoms with Crippen LogP contribution in [0.3, 0.4) is 0 Å². The average Bonchev–Trinajstić information content (AvgIpc) is 3.00. The van der Waals surface area contributed by atoms with Gasteiger partial charge in [-0.15, -0.1) is 0 Å². The summed E-state index contributed by atoms with van der Waals surface area (Å²) in [6, 6.07) is 6.38. The van der Waals surface area contributed by atoms with Crippen molar-refractivity contribution in [3.63, 3.8) is 0 Å². The molecule has 2 aliphatic rings. The van der Waals surface area contributed by atoms with Crippen molar-refractivity contribution in [2.24, 2.45) is 5.92 Å². The largest absolute Gasteiger partial charge is 0.352 e. The monoisotopic (exact) mass is 301 g/mol. The van der Waals surface area contributed by atoms with Crippen LogP contribution in [-0.4, -0.2) is 29.8 Å². The van der Waals surface area contributed by atoms with E-state index in [1.807, 2.05) is 0 Å². The van der Waals surface area contributed by atoms with Gasteiger partial charge in [0.05, 0.1) is 5.92 Å². The molecule has 5 nitrogen and oxygen atoms in total. The van der Waals surface area contributed by atoms with E-state index >= 15 is 0 Å². The number of piperidine rings is 1. The molecular formula is C17H23N3O2. The van der Waals surface area contributed by atoms with E-state index in [1.54, 1.807) is 11.8 Å². The summed E-state index contributed by atoms with van der Waals surface area (Å²) in [4.78, 5) is 25.5. The summed E-state index contributed by atoms with van der Waals surface area (Å²) in [5.41, 5.74) is 3.81. The molecule has 2 heterocycles. The highest BCUT2D eigenvalue weighted by atomic mass is 16.2. The highest BCUT2D eigenvalue weighted by molar-refractivity contribution is 5.80. The van der Waals surface area contributed by atoms with Crippen molar-refractivity contribution in [3.8, 4) is 0 Å². The van der Waals surface area contributed by atoms with Crippen LogP contribution in [-0.2, 0) is 29.2 Å². The second kappa shape index (κ2) is 6.48. The Hall–Kier alpha value is -1.88. The lowest BCUT2D eigenvalue weighted by Gasteiger charge is -2.31. The third kappa shape index (κ3) is 3.30. The third-order valence-corrected chi connectivity index (χ3v) is 4.61. The fourth-order valence-electron chi connectivity index (χ4n) is 3.27. The maximum absolute atomic E-state index is 12.3. The zero-order valence-corrected chi connectivity index (χ0v) is 13.0. The van der Waals surface area contributed by atoms with Crippen LogP contribution in [0.4, 0.5) is 0 Å². The molecule has 1 unspecified atom stereocenters. The van der Waals surface area contributed by atoms with Gasteiger partial charge in [-0.1, -0.05) is 18.2 Å². The van der Waals surface area contributed by atoms with Crippen molar-refractivity contribution < 1.29 is 9.59 Å². The van der Waals surface area contributed by atoms with Crippen LogP contribution in [0.1, 0.15) is 36.5 Å². The first-order valence-electron chi connectivity index (χ1n) is 7.98. The topological polar surface area (TPSA) is 61.4 Å². The van der Waals surface area contributed by atoms with Crippen molar-refractivity contribution >= 4 is 11.8 Å². The number of carbonyl (C=O) groups is 2. The van der Waals surface area contributed by atoms with Gasteiger partial charge >= 0.3 is 0 Å². The second-order valence-corrected chi connectivity index (χ2v) is 6.23. The molecule has 5 heteroatoms. The van der Waals surface area contributed by atoms with Gasteiger partial charge in [0.25, 0.3) is 0 Å². The molecule has 1 atom stereocenters. The molecule has 118 valence electrons. The number of benzene rings is 1. The minimum Gasteiger partial charge on any atom is -0.352 e. The Balaban J connectivity index is 1.54. The van der Waals surface area contributed by atoms with E-state index in [9.17, 15) is 9.59 Å². The van der Waals surface area contributed by atoms with Crippen LogP contribution < -0.4 is 10.6 Å². The first-order chi connectivity index (χ1) is 10.6. The molecule has 22 heavy (non-hydrogen) atoms. The fraction of sp³-hybridized carbons (Fsp3) is 0.529. The van der Waals surface area contributed by atoms with E-state index in [0.717, 1.165) is 38.0 Å². The molecule has 0 bridgehead atoms. The molecule has 1 saturated heterocycles. The maximum Gasteiger partial charge on any atom is 0.225 e. The lowest BCUT2D eigenvalue weighted by molar-refractivity contribution is -0.134. The van der Waals surface area contributed by atoms with Gasteiger partial charge in [0.15, 0.2) is 0 Å². The zero-order chi connectivity index (χ0) is 15.5. The lowest BCUT2D eigenvalue weighted by atomic mass is 9.97. The smallest absolute Gasteiger partial charge is 0.225 e. The van der Waals surface area contributed by atoms with E-state index in [0.29, 0.717) is 13.1 Å². The van der Waals surface area contributed by atoms with Gasteiger partial charge in [-0.05, 0) is 29.5 Å². The molecule has 0 aromatic heterocycles. The molecule has 1 aromatic rings. The molecule has 0 spiro atoms. The first-order valence-corrected chi connectivity index (χ1v) is 7.98. The number of rotatable bonds is 3.